The SMILES string of the molecule is Cc1ccoc1CNC(C)(C)c1nccs1. The van der Waals surface area contributed by atoms with Gasteiger partial charge in [0.05, 0.1) is 18.3 Å². The lowest BCUT2D eigenvalue weighted by Crippen LogP contribution is -2.35. The van der Waals surface area contributed by atoms with Crippen LogP contribution in [0, 0.1) is 6.92 Å². The van der Waals surface area contributed by atoms with E-state index in [4.69, 9.17) is 4.42 Å². The fourth-order valence-electron chi connectivity index (χ4n) is 1.49. The molecule has 16 heavy (non-hydrogen) atoms. The van der Waals surface area contributed by atoms with Gasteiger partial charge in [-0.3, -0.25) is 5.32 Å². The molecule has 2 aromatic heterocycles. The molecule has 4 heteroatoms. The van der Waals surface area contributed by atoms with Gasteiger partial charge in [0.1, 0.15) is 10.8 Å². The van der Waals surface area contributed by atoms with Gasteiger partial charge in [-0.25, -0.2) is 4.98 Å². The number of nitrogens with zero attached hydrogens (tertiary/aromatic N) is 1. The minimum atomic E-state index is -0.118. The van der Waals surface area contributed by atoms with E-state index < -0.39 is 0 Å². The van der Waals surface area contributed by atoms with Crippen LogP contribution >= 0.6 is 11.3 Å². The van der Waals surface area contributed by atoms with Gasteiger partial charge < -0.3 is 4.42 Å². The predicted octanol–water partition coefficient (Wildman–Crippen LogP) is 3.07. The van der Waals surface area contributed by atoms with E-state index in [2.05, 4.69) is 31.1 Å². The molecule has 0 unspecified atom stereocenters. The zero-order valence-electron chi connectivity index (χ0n) is 9.78. The van der Waals surface area contributed by atoms with Crippen molar-refractivity contribution >= 4 is 11.3 Å². The lowest BCUT2D eigenvalue weighted by Gasteiger charge is -2.23. The Morgan fingerprint density at radius 2 is 2.31 bits per heavy atom. The second-order valence-corrected chi connectivity index (χ2v) is 5.24. The predicted molar refractivity (Wildman–Crippen MR) is 65.4 cm³/mol. The molecular weight excluding hydrogens is 220 g/mol. The van der Waals surface area contributed by atoms with E-state index in [0.717, 1.165) is 17.3 Å². The fourth-order valence-corrected chi connectivity index (χ4v) is 2.23. The summed E-state index contributed by atoms with van der Waals surface area (Å²) in [5, 5.41) is 6.55. The molecule has 0 aliphatic heterocycles. The van der Waals surface area contributed by atoms with Gasteiger partial charge in [-0.1, -0.05) is 0 Å². The van der Waals surface area contributed by atoms with Crippen LogP contribution in [0.3, 0.4) is 0 Å². The summed E-state index contributed by atoms with van der Waals surface area (Å²) >= 11 is 1.67. The van der Waals surface area contributed by atoms with Crippen LogP contribution in [0.4, 0.5) is 0 Å². The first-order chi connectivity index (χ1) is 7.59. The maximum Gasteiger partial charge on any atom is 0.120 e. The summed E-state index contributed by atoms with van der Waals surface area (Å²) in [7, 11) is 0. The number of aryl methyl sites for hydroxylation is 1. The first-order valence-corrected chi connectivity index (χ1v) is 6.15. The second-order valence-electron chi connectivity index (χ2n) is 4.34. The van der Waals surface area contributed by atoms with Crippen LogP contribution < -0.4 is 5.32 Å². The van der Waals surface area contributed by atoms with Gasteiger partial charge in [-0.15, -0.1) is 11.3 Å². The normalized spacial score (nSPS) is 11.9. The molecule has 0 aliphatic carbocycles. The fraction of sp³-hybridized carbons (Fsp3) is 0.417. The molecule has 1 N–H and O–H groups in total. The Morgan fingerprint density at radius 3 is 2.88 bits per heavy atom. The first-order valence-electron chi connectivity index (χ1n) is 5.27. The number of aromatic nitrogens is 1. The molecule has 0 aromatic carbocycles. The molecule has 0 spiro atoms. The van der Waals surface area contributed by atoms with Crippen molar-refractivity contribution in [3.05, 3.63) is 40.2 Å². The zero-order chi connectivity index (χ0) is 11.6. The number of nitrogens with one attached hydrogen (secondary N) is 1. The van der Waals surface area contributed by atoms with Gasteiger partial charge >= 0.3 is 0 Å². The average Bonchev–Trinajstić information content (AvgIpc) is 2.85. The van der Waals surface area contributed by atoms with E-state index in [1.807, 2.05) is 17.6 Å². The summed E-state index contributed by atoms with van der Waals surface area (Å²) in [6.07, 6.45) is 3.56. The Kier molecular flexibility index (Phi) is 3.12. The first kappa shape index (κ1) is 11.4. The van der Waals surface area contributed by atoms with E-state index in [9.17, 15) is 0 Å². The largest absolute Gasteiger partial charge is 0.468 e. The summed E-state index contributed by atoms with van der Waals surface area (Å²) in [6.45, 7) is 7.04. The molecule has 0 amide bonds. The smallest absolute Gasteiger partial charge is 0.120 e. The lowest BCUT2D eigenvalue weighted by molar-refractivity contribution is 0.368. The Balaban J connectivity index is 2.03. The number of furan rings is 1. The van der Waals surface area contributed by atoms with Crippen molar-refractivity contribution in [3.63, 3.8) is 0 Å². The second kappa shape index (κ2) is 4.39. The minimum Gasteiger partial charge on any atom is -0.468 e. The van der Waals surface area contributed by atoms with Crippen molar-refractivity contribution in [2.75, 3.05) is 0 Å². The van der Waals surface area contributed by atoms with Crippen LogP contribution in [0.5, 0.6) is 0 Å². The molecule has 0 bridgehead atoms. The summed E-state index contributed by atoms with van der Waals surface area (Å²) in [6, 6.07) is 1.98. The highest BCUT2D eigenvalue weighted by atomic mass is 32.1. The Bertz CT molecular complexity index is 445. The third-order valence-electron chi connectivity index (χ3n) is 2.63. The summed E-state index contributed by atoms with van der Waals surface area (Å²) in [5.74, 6) is 0.990. The van der Waals surface area contributed by atoms with E-state index >= 15 is 0 Å². The van der Waals surface area contributed by atoms with E-state index in [1.54, 1.807) is 17.6 Å². The standard InChI is InChI=1S/C12H16N2OS/c1-9-4-6-15-10(9)8-14-12(2,3)11-13-5-7-16-11/h4-7,14H,8H2,1-3H3. The van der Waals surface area contributed by atoms with Crippen molar-refractivity contribution in [1.29, 1.82) is 0 Å². The van der Waals surface area contributed by atoms with Crippen molar-refractivity contribution in [2.45, 2.75) is 32.9 Å². The number of hydrogen-bond acceptors (Lipinski definition) is 4. The highest BCUT2D eigenvalue weighted by molar-refractivity contribution is 7.09. The van der Waals surface area contributed by atoms with Gasteiger partial charge in [-0.05, 0) is 32.4 Å². The van der Waals surface area contributed by atoms with E-state index in [-0.39, 0.29) is 5.54 Å². The molecule has 2 heterocycles. The molecule has 0 saturated carbocycles. The van der Waals surface area contributed by atoms with Crippen LogP contribution in [-0.2, 0) is 12.1 Å². The topological polar surface area (TPSA) is 38.1 Å². The summed E-state index contributed by atoms with van der Waals surface area (Å²) in [5.41, 5.74) is 1.07. The van der Waals surface area contributed by atoms with Crippen molar-refractivity contribution in [3.8, 4) is 0 Å². The van der Waals surface area contributed by atoms with Crippen LogP contribution in [0.25, 0.3) is 0 Å². The summed E-state index contributed by atoms with van der Waals surface area (Å²) < 4.78 is 5.40. The molecule has 86 valence electrons. The highest BCUT2D eigenvalue weighted by Gasteiger charge is 2.22. The Morgan fingerprint density at radius 1 is 1.50 bits per heavy atom. The Hall–Kier alpha value is -1.13. The molecule has 3 nitrogen and oxygen atoms in total. The van der Waals surface area contributed by atoms with Crippen molar-refractivity contribution in [1.82, 2.24) is 10.3 Å². The molecule has 2 rings (SSSR count). The number of hydrogen-bond donors (Lipinski definition) is 1. The molecule has 2 aromatic rings. The van der Waals surface area contributed by atoms with Crippen molar-refractivity contribution in [2.24, 2.45) is 0 Å². The van der Waals surface area contributed by atoms with Crippen LogP contribution in [0.1, 0.15) is 30.2 Å². The number of thiazole rings is 1. The molecule has 0 atom stereocenters. The molecule has 0 aliphatic rings. The summed E-state index contributed by atoms with van der Waals surface area (Å²) in [4.78, 5) is 4.34. The number of rotatable bonds is 4. The molecule has 0 fully saturated rings. The monoisotopic (exact) mass is 236 g/mol. The molecule has 0 radical (unpaired) electrons. The Labute approximate surface area is 99.5 Å². The highest BCUT2D eigenvalue weighted by Crippen LogP contribution is 2.22. The van der Waals surface area contributed by atoms with Gasteiger partial charge in [-0.2, -0.15) is 0 Å². The third-order valence-corrected chi connectivity index (χ3v) is 3.72. The van der Waals surface area contributed by atoms with Gasteiger partial charge in [0, 0.05) is 11.6 Å². The van der Waals surface area contributed by atoms with Crippen LogP contribution in [0.2, 0.25) is 0 Å². The van der Waals surface area contributed by atoms with Gasteiger partial charge in [0.2, 0.25) is 0 Å². The van der Waals surface area contributed by atoms with E-state index in [1.165, 1.54) is 5.56 Å². The zero-order valence-corrected chi connectivity index (χ0v) is 10.6. The van der Waals surface area contributed by atoms with Gasteiger partial charge in [0.15, 0.2) is 0 Å². The minimum absolute atomic E-state index is 0.118. The maximum absolute atomic E-state index is 5.40. The molecule has 0 saturated heterocycles. The third kappa shape index (κ3) is 2.33. The van der Waals surface area contributed by atoms with Crippen molar-refractivity contribution < 1.29 is 4.42 Å². The molecular formula is C12H16N2OS. The maximum atomic E-state index is 5.40. The quantitative estimate of drug-likeness (QED) is 0.886. The van der Waals surface area contributed by atoms with Gasteiger partial charge in [0.25, 0.3) is 0 Å². The van der Waals surface area contributed by atoms with Crippen LogP contribution in [0.15, 0.2) is 28.3 Å². The van der Waals surface area contributed by atoms with E-state index in [0.29, 0.717) is 0 Å². The average molecular weight is 236 g/mol. The lowest BCUT2D eigenvalue weighted by atomic mass is 10.1. The van der Waals surface area contributed by atoms with Crippen LogP contribution in [-0.4, -0.2) is 4.98 Å².